The number of carbonyl (C=O) groups excluding carboxylic acids is 1. The van der Waals surface area contributed by atoms with E-state index in [1.807, 2.05) is 43.3 Å². The molecule has 0 aliphatic carbocycles. The topological polar surface area (TPSA) is 43.3 Å². The number of halogens is 1. The Balaban J connectivity index is 2.04. The fourth-order valence-corrected chi connectivity index (χ4v) is 3.87. The fraction of sp³-hybridized carbons (Fsp3) is 0.250. The number of hydrogen-bond donors (Lipinski definition) is 1. The largest absolute Gasteiger partial charge is 0.497 e. The lowest BCUT2D eigenvalue weighted by Gasteiger charge is -2.11. The Morgan fingerprint density at radius 1 is 1.20 bits per heavy atom. The lowest BCUT2D eigenvalue weighted by atomic mass is 10.0. The van der Waals surface area contributed by atoms with Crippen molar-refractivity contribution < 1.29 is 9.53 Å². The second-order valence-corrected chi connectivity index (χ2v) is 6.75. The molecule has 1 N–H and O–H groups in total. The third-order valence-corrected chi connectivity index (χ3v) is 5.05. The number of nitrogens with zero attached hydrogens (tertiary/aromatic N) is 1. The standard InChI is InChI=1S/C20H19ClN2O2/c1-12-16-10-14(21)11-17(13-4-6-15(25-2)7-5-13)19(16)23-9-3-8-22-20(24)18(12)23/h4-7,10-11H,3,8-9H2,1-2H3,(H,22,24). The van der Waals surface area contributed by atoms with Gasteiger partial charge in [-0.25, -0.2) is 0 Å². The summed E-state index contributed by atoms with van der Waals surface area (Å²) >= 11 is 6.40. The first-order chi connectivity index (χ1) is 12.1. The minimum absolute atomic E-state index is 0.0111. The highest BCUT2D eigenvalue weighted by Crippen LogP contribution is 2.37. The molecule has 0 atom stereocenters. The van der Waals surface area contributed by atoms with Crippen molar-refractivity contribution in [3.8, 4) is 16.9 Å². The molecule has 0 saturated carbocycles. The zero-order valence-corrected chi connectivity index (χ0v) is 15.0. The Kier molecular flexibility index (Phi) is 3.92. The van der Waals surface area contributed by atoms with Crippen LogP contribution < -0.4 is 10.1 Å². The molecule has 2 heterocycles. The van der Waals surface area contributed by atoms with Gasteiger partial charge in [0.05, 0.1) is 12.6 Å². The number of methoxy groups -OCH3 is 1. The van der Waals surface area contributed by atoms with E-state index in [1.54, 1.807) is 7.11 Å². The van der Waals surface area contributed by atoms with E-state index < -0.39 is 0 Å². The first kappa shape index (κ1) is 16.0. The van der Waals surface area contributed by atoms with Crippen molar-refractivity contribution in [2.24, 2.45) is 0 Å². The monoisotopic (exact) mass is 354 g/mol. The van der Waals surface area contributed by atoms with Crippen LogP contribution in [-0.2, 0) is 6.54 Å². The quantitative estimate of drug-likeness (QED) is 0.740. The zero-order valence-electron chi connectivity index (χ0n) is 14.2. The molecule has 1 aliphatic heterocycles. The molecular weight excluding hydrogens is 336 g/mol. The summed E-state index contributed by atoms with van der Waals surface area (Å²) in [6.07, 6.45) is 0.909. The van der Waals surface area contributed by atoms with E-state index in [0.717, 1.165) is 52.0 Å². The van der Waals surface area contributed by atoms with Crippen LogP contribution in [0.1, 0.15) is 22.5 Å². The van der Waals surface area contributed by atoms with Gasteiger partial charge in [-0.3, -0.25) is 4.79 Å². The van der Waals surface area contributed by atoms with Crippen LogP contribution in [0.2, 0.25) is 5.02 Å². The van der Waals surface area contributed by atoms with Gasteiger partial charge in [0, 0.05) is 29.1 Å². The molecule has 25 heavy (non-hydrogen) atoms. The maximum absolute atomic E-state index is 12.5. The van der Waals surface area contributed by atoms with Crippen LogP contribution in [-0.4, -0.2) is 24.1 Å². The van der Waals surface area contributed by atoms with Crippen molar-refractivity contribution >= 4 is 28.4 Å². The van der Waals surface area contributed by atoms with Gasteiger partial charge < -0.3 is 14.6 Å². The molecule has 2 aromatic carbocycles. The van der Waals surface area contributed by atoms with Crippen LogP contribution in [0.25, 0.3) is 22.0 Å². The molecular formula is C20H19ClN2O2. The number of amides is 1. The summed E-state index contributed by atoms with van der Waals surface area (Å²) < 4.78 is 7.40. The molecule has 0 bridgehead atoms. The van der Waals surface area contributed by atoms with Crippen molar-refractivity contribution in [2.45, 2.75) is 19.9 Å². The highest BCUT2D eigenvalue weighted by Gasteiger charge is 2.24. The molecule has 0 unspecified atom stereocenters. The number of aromatic nitrogens is 1. The number of hydrogen-bond acceptors (Lipinski definition) is 2. The molecule has 1 amide bonds. The number of aryl methyl sites for hydroxylation is 2. The molecule has 4 rings (SSSR count). The van der Waals surface area contributed by atoms with E-state index in [0.29, 0.717) is 11.6 Å². The fourth-order valence-electron chi connectivity index (χ4n) is 3.65. The summed E-state index contributed by atoms with van der Waals surface area (Å²) in [6.45, 7) is 3.50. The van der Waals surface area contributed by atoms with Gasteiger partial charge in [0.1, 0.15) is 11.4 Å². The smallest absolute Gasteiger partial charge is 0.268 e. The van der Waals surface area contributed by atoms with Gasteiger partial charge in [0.25, 0.3) is 5.91 Å². The Morgan fingerprint density at radius 3 is 2.68 bits per heavy atom. The molecule has 0 spiro atoms. The van der Waals surface area contributed by atoms with Gasteiger partial charge in [-0.1, -0.05) is 23.7 Å². The van der Waals surface area contributed by atoms with Crippen LogP contribution in [0.3, 0.4) is 0 Å². The van der Waals surface area contributed by atoms with Crippen molar-refractivity contribution in [3.63, 3.8) is 0 Å². The average Bonchev–Trinajstić information content (AvgIpc) is 2.77. The van der Waals surface area contributed by atoms with Crippen molar-refractivity contribution in [2.75, 3.05) is 13.7 Å². The van der Waals surface area contributed by atoms with Crippen LogP contribution in [0.4, 0.5) is 0 Å². The number of benzene rings is 2. The number of rotatable bonds is 2. The SMILES string of the molecule is COc1ccc(-c2cc(Cl)cc3c(C)c4n(c23)CCCNC4=O)cc1. The lowest BCUT2D eigenvalue weighted by molar-refractivity contribution is 0.0951. The maximum Gasteiger partial charge on any atom is 0.268 e. The molecule has 0 saturated heterocycles. The highest BCUT2D eigenvalue weighted by molar-refractivity contribution is 6.32. The molecule has 1 aliphatic rings. The highest BCUT2D eigenvalue weighted by atomic mass is 35.5. The van der Waals surface area contributed by atoms with Gasteiger partial charge in [0.2, 0.25) is 0 Å². The van der Waals surface area contributed by atoms with Crippen molar-refractivity contribution in [1.82, 2.24) is 9.88 Å². The third kappa shape index (κ3) is 2.57. The molecule has 4 nitrogen and oxygen atoms in total. The van der Waals surface area contributed by atoms with E-state index in [9.17, 15) is 4.79 Å². The van der Waals surface area contributed by atoms with Gasteiger partial charge >= 0.3 is 0 Å². The van der Waals surface area contributed by atoms with Gasteiger partial charge in [-0.15, -0.1) is 0 Å². The van der Waals surface area contributed by atoms with E-state index >= 15 is 0 Å². The predicted octanol–water partition coefficient (Wildman–Crippen LogP) is 4.41. The van der Waals surface area contributed by atoms with Crippen molar-refractivity contribution in [3.05, 3.63) is 52.7 Å². The zero-order chi connectivity index (χ0) is 17.6. The molecule has 128 valence electrons. The molecule has 3 aromatic rings. The van der Waals surface area contributed by atoms with E-state index in [2.05, 4.69) is 9.88 Å². The minimum atomic E-state index is -0.0111. The number of carbonyl (C=O) groups is 1. The Bertz CT molecular complexity index is 974. The van der Waals surface area contributed by atoms with Crippen LogP contribution in [0, 0.1) is 6.92 Å². The van der Waals surface area contributed by atoms with E-state index in [4.69, 9.17) is 16.3 Å². The average molecular weight is 355 g/mol. The summed E-state index contributed by atoms with van der Waals surface area (Å²) in [4.78, 5) is 12.5. The van der Waals surface area contributed by atoms with E-state index in [1.165, 1.54) is 0 Å². The third-order valence-electron chi connectivity index (χ3n) is 4.83. The van der Waals surface area contributed by atoms with E-state index in [-0.39, 0.29) is 5.91 Å². The van der Waals surface area contributed by atoms with Gasteiger partial charge in [-0.2, -0.15) is 0 Å². The Labute approximate surface area is 151 Å². The molecule has 1 aromatic heterocycles. The lowest BCUT2D eigenvalue weighted by Crippen LogP contribution is -2.23. The second-order valence-electron chi connectivity index (χ2n) is 6.31. The summed E-state index contributed by atoms with van der Waals surface area (Å²) in [5.41, 5.74) is 4.88. The van der Waals surface area contributed by atoms with Gasteiger partial charge in [0.15, 0.2) is 0 Å². The number of ether oxygens (including phenoxy) is 1. The second kappa shape index (κ2) is 6.12. The van der Waals surface area contributed by atoms with Gasteiger partial charge in [-0.05, 0) is 48.7 Å². The van der Waals surface area contributed by atoms with Crippen LogP contribution in [0.5, 0.6) is 5.75 Å². The van der Waals surface area contributed by atoms with Crippen LogP contribution in [0.15, 0.2) is 36.4 Å². The number of fused-ring (bicyclic) bond motifs is 3. The maximum atomic E-state index is 12.5. The summed E-state index contributed by atoms with van der Waals surface area (Å²) in [5.74, 6) is 0.801. The Hall–Kier alpha value is -2.46. The predicted molar refractivity (Wildman–Crippen MR) is 101 cm³/mol. The molecule has 5 heteroatoms. The first-order valence-corrected chi connectivity index (χ1v) is 8.73. The number of nitrogens with one attached hydrogen (secondary N) is 1. The minimum Gasteiger partial charge on any atom is -0.497 e. The molecule has 0 radical (unpaired) electrons. The Morgan fingerprint density at radius 2 is 1.96 bits per heavy atom. The summed E-state index contributed by atoms with van der Waals surface area (Å²) in [5, 5.41) is 4.68. The normalized spacial score (nSPS) is 14.1. The first-order valence-electron chi connectivity index (χ1n) is 8.35. The van der Waals surface area contributed by atoms with Crippen molar-refractivity contribution in [1.29, 1.82) is 0 Å². The van der Waals surface area contributed by atoms with Crippen LogP contribution >= 0.6 is 11.6 Å². The summed E-state index contributed by atoms with van der Waals surface area (Å²) in [7, 11) is 1.65. The molecule has 0 fully saturated rings. The summed E-state index contributed by atoms with van der Waals surface area (Å²) in [6, 6.07) is 11.9.